The minimum atomic E-state index is -4.32. The maximum absolute atomic E-state index is 13.0. The van der Waals surface area contributed by atoms with Crippen LogP contribution in [0.5, 0.6) is 0 Å². The highest BCUT2D eigenvalue weighted by atomic mass is 32.2. The fourth-order valence-electron chi connectivity index (χ4n) is 3.80. The molecule has 2 nitrogen and oxygen atoms in total. The van der Waals surface area contributed by atoms with Crippen LogP contribution in [0.4, 0.5) is 13.2 Å². The van der Waals surface area contributed by atoms with Gasteiger partial charge in [-0.15, -0.1) is 0 Å². The highest BCUT2D eigenvalue weighted by Gasteiger charge is 2.31. The molecule has 1 fully saturated rings. The number of nitrogens with zero attached hydrogens (tertiary/aromatic N) is 1. The van der Waals surface area contributed by atoms with E-state index in [-0.39, 0.29) is 6.04 Å². The maximum Gasteiger partial charge on any atom is 0.416 e. The van der Waals surface area contributed by atoms with Crippen LogP contribution in [0.25, 0.3) is 11.1 Å². The van der Waals surface area contributed by atoms with E-state index in [4.69, 9.17) is 0 Å². The lowest BCUT2D eigenvalue weighted by Crippen LogP contribution is -2.28. The lowest BCUT2D eigenvalue weighted by molar-refractivity contribution is -0.137. The molecule has 0 spiro atoms. The number of halogens is 3. The Labute approximate surface area is 185 Å². The quantitative estimate of drug-likeness (QED) is 0.436. The van der Waals surface area contributed by atoms with E-state index in [1.807, 2.05) is 25.1 Å². The van der Waals surface area contributed by atoms with E-state index in [2.05, 4.69) is 46.0 Å². The standard InChI is InChI=1S/C25H25F3N2S/c1-18-7-12-22(25(26,27)28)15-24(18)31-29-23-13-14-30(17-23)16-19-8-10-21(11-9-19)20-5-3-2-4-6-20/h2-12,15,23,29H,13-14,16-17H2,1H3/t23-/m1/s1. The van der Waals surface area contributed by atoms with Crippen LogP contribution in [0.2, 0.25) is 0 Å². The summed E-state index contributed by atoms with van der Waals surface area (Å²) in [5.41, 5.74) is 3.93. The van der Waals surface area contributed by atoms with Crippen molar-refractivity contribution in [3.8, 4) is 11.1 Å². The van der Waals surface area contributed by atoms with E-state index in [1.54, 1.807) is 0 Å². The zero-order valence-corrected chi connectivity index (χ0v) is 18.1. The molecule has 1 atom stereocenters. The molecular weight excluding hydrogens is 417 g/mol. The van der Waals surface area contributed by atoms with Crippen molar-refractivity contribution in [2.24, 2.45) is 0 Å². The molecule has 0 amide bonds. The summed E-state index contributed by atoms with van der Waals surface area (Å²) < 4.78 is 42.3. The summed E-state index contributed by atoms with van der Waals surface area (Å²) in [5, 5.41) is 0. The van der Waals surface area contributed by atoms with Gasteiger partial charge in [0.05, 0.1) is 5.56 Å². The Morgan fingerprint density at radius 3 is 2.39 bits per heavy atom. The van der Waals surface area contributed by atoms with Gasteiger partial charge >= 0.3 is 6.18 Å². The summed E-state index contributed by atoms with van der Waals surface area (Å²) in [6.45, 7) is 4.57. The van der Waals surface area contributed by atoms with Gasteiger partial charge in [0.15, 0.2) is 0 Å². The molecule has 3 aromatic rings. The monoisotopic (exact) mass is 442 g/mol. The topological polar surface area (TPSA) is 15.3 Å². The predicted octanol–water partition coefficient (Wildman–Crippen LogP) is 6.55. The lowest BCUT2D eigenvalue weighted by Gasteiger charge is -2.17. The SMILES string of the molecule is Cc1ccc(C(F)(F)F)cc1SN[C@@H]1CCN(Cc2ccc(-c3ccccc3)cc2)C1. The largest absolute Gasteiger partial charge is 0.416 e. The molecule has 4 rings (SSSR count). The van der Waals surface area contributed by atoms with Crippen LogP contribution < -0.4 is 4.72 Å². The van der Waals surface area contributed by atoms with E-state index in [1.165, 1.54) is 40.8 Å². The molecule has 1 aliphatic heterocycles. The number of aryl methyl sites for hydroxylation is 1. The second kappa shape index (κ2) is 9.47. The van der Waals surface area contributed by atoms with Crippen LogP contribution in [0.1, 0.15) is 23.1 Å². The Bertz CT molecular complexity index is 1000. The summed E-state index contributed by atoms with van der Waals surface area (Å²) in [6.07, 6.45) is -3.34. The minimum absolute atomic E-state index is 0.252. The number of alkyl halides is 3. The van der Waals surface area contributed by atoms with Crippen molar-refractivity contribution in [1.29, 1.82) is 0 Å². The van der Waals surface area contributed by atoms with Crippen LogP contribution in [0.3, 0.4) is 0 Å². The molecule has 0 bridgehead atoms. The molecule has 0 radical (unpaired) electrons. The van der Waals surface area contributed by atoms with Crippen LogP contribution in [0, 0.1) is 6.92 Å². The van der Waals surface area contributed by atoms with Crippen LogP contribution in [0.15, 0.2) is 77.7 Å². The van der Waals surface area contributed by atoms with Crippen molar-refractivity contribution in [1.82, 2.24) is 9.62 Å². The van der Waals surface area contributed by atoms with Gasteiger partial charge in [-0.2, -0.15) is 13.2 Å². The van der Waals surface area contributed by atoms with Gasteiger partial charge in [-0.25, -0.2) is 0 Å². The van der Waals surface area contributed by atoms with Gasteiger partial charge in [-0.3, -0.25) is 9.62 Å². The molecule has 6 heteroatoms. The Kier molecular flexibility index (Phi) is 6.70. The fraction of sp³-hybridized carbons (Fsp3) is 0.280. The number of hydrogen-bond acceptors (Lipinski definition) is 3. The summed E-state index contributed by atoms with van der Waals surface area (Å²) in [6, 6.07) is 23.1. The molecule has 3 aromatic carbocycles. The first-order valence-corrected chi connectivity index (χ1v) is 11.2. The molecule has 1 aliphatic rings. The van der Waals surface area contributed by atoms with Gasteiger partial charge < -0.3 is 0 Å². The first-order valence-electron chi connectivity index (χ1n) is 10.4. The van der Waals surface area contributed by atoms with Gasteiger partial charge in [-0.05, 0) is 59.7 Å². The average Bonchev–Trinajstić information content (AvgIpc) is 3.21. The summed E-state index contributed by atoms with van der Waals surface area (Å²) >= 11 is 1.31. The third kappa shape index (κ3) is 5.70. The van der Waals surface area contributed by atoms with Crippen LogP contribution in [-0.4, -0.2) is 24.0 Å². The molecule has 0 aromatic heterocycles. The molecule has 0 unspecified atom stereocenters. The molecule has 1 heterocycles. The van der Waals surface area contributed by atoms with Crippen molar-refractivity contribution >= 4 is 11.9 Å². The number of hydrogen-bond donors (Lipinski definition) is 1. The lowest BCUT2D eigenvalue weighted by atomic mass is 10.0. The van der Waals surface area contributed by atoms with Crippen molar-refractivity contribution in [3.63, 3.8) is 0 Å². The molecule has 1 saturated heterocycles. The van der Waals surface area contributed by atoms with Crippen molar-refractivity contribution in [2.45, 2.75) is 37.0 Å². The van der Waals surface area contributed by atoms with Crippen molar-refractivity contribution in [3.05, 3.63) is 89.5 Å². The Morgan fingerprint density at radius 2 is 1.68 bits per heavy atom. The Morgan fingerprint density at radius 1 is 0.968 bits per heavy atom. The second-order valence-electron chi connectivity index (χ2n) is 7.98. The van der Waals surface area contributed by atoms with Gasteiger partial charge in [0.25, 0.3) is 0 Å². The summed E-state index contributed by atoms with van der Waals surface area (Å²) in [4.78, 5) is 3.01. The summed E-state index contributed by atoms with van der Waals surface area (Å²) in [7, 11) is 0. The number of benzene rings is 3. The van der Waals surface area contributed by atoms with E-state index < -0.39 is 11.7 Å². The third-order valence-electron chi connectivity index (χ3n) is 5.59. The number of nitrogens with one attached hydrogen (secondary N) is 1. The van der Waals surface area contributed by atoms with E-state index >= 15 is 0 Å². The van der Waals surface area contributed by atoms with E-state index in [0.29, 0.717) is 4.90 Å². The molecule has 1 N–H and O–H groups in total. The van der Waals surface area contributed by atoms with Gasteiger partial charge in [0, 0.05) is 30.6 Å². The van der Waals surface area contributed by atoms with Crippen LogP contribution in [-0.2, 0) is 12.7 Å². The summed E-state index contributed by atoms with van der Waals surface area (Å²) in [5.74, 6) is 0. The maximum atomic E-state index is 13.0. The fourth-order valence-corrected chi connectivity index (χ4v) is 4.70. The molecule has 162 valence electrons. The van der Waals surface area contributed by atoms with Gasteiger partial charge in [-0.1, -0.05) is 60.7 Å². The molecule has 31 heavy (non-hydrogen) atoms. The predicted molar refractivity (Wildman–Crippen MR) is 121 cm³/mol. The Hall–Kier alpha value is -2.28. The highest BCUT2D eigenvalue weighted by molar-refractivity contribution is 7.97. The normalized spacial score (nSPS) is 17.2. The third-order valence-corrected chi connectivity index (χ3v) is 6.70. The minimum Gasteiger partial charge on any atom is -0.297 e. The van der Waals surface area contributed by atoms with Crippen molar-refractivity contribution < 1.29 is 13.2 Å². The Balaban J connectivity index is 1.30. The zero-order valence-electron chi connectivity index (χ0n) is 17.3. The van der Waals surface area contributed by atoms with Crippen LogP contribution >= 0.6 is 11.9 Å². The van der Waals surface area contributed by atoms with E-state index in [9.17, 15) is 13.2 Å². The zero-order chi connectivity index (χ0) is 21.8. The average molecular weight is 443 g/mol. The number of rotatable bonds is 6. The first kappa shape index (κ1) is 21.9. The van der Waals surface area contributed by atoms with Gasteiger partial charge in [0.2, 0.25) is 0 Å². The molecular formula is C25H25F3N2S. The second-order valence-corrected chi connectivity index (χ2v) is 8.86. The van der Waals surface area contributed by atoms with Crippen molar-refractivity contribution in [2.75, 3.05) is 13.1 Å². The molecule has 0 aliphatic carbocycles. The van der Waals surface area contributed by atoms with E-state index in [0.717, 1.165) is 37.7 Å². The smallest absolute Gasteiger partial charge is 0.297 e. The van der Waals surface area contributed by atoms with Gasteiger partial charge in [0.1, 0.15) is 0 Å². The first-order chi connectivity index (χ1) is 14.9. The highest BCUT2D eigenvalue weighted by Crippen LogP contribution is 2.33. The number of likely N-dealkylation sites (tertiary alicyclic amines) is 1. The molecule has 0 saturated carbocycles.